The fraction of sp³-hybridized carbons (Fsp3) is 0.0217. The van der Waals surface area contributed by atoms with E-state index in [0.717, 1.165) is 16.6 Å². The first-order chi connectivity index (χ1) is 23.8. The van der Waals surface area contributed by atoms with E-state index in [9.17, 15) is 0 Å². The molecule has 224 valence electrons. The molecule has 2 heteroatoms. The molecule has 2 nitrogen and oxygen atoms in total. The lowest BCUT2D eigenvalue weighted by atomic mass is 9.63. The van der Waals surface area contributed by atoms with Crippen LogP contribution in [0.25, 0.3) is 60.6 Å². The van der Waals surface area contributed by atoms with Crippen molar-refractivity contribution in [3.63, 3.8) is 0 Å². The number of nitrogens with zero attached hydrogens (tertiary/aromatic N) is 2. The third-order valence-corrected chi connectivity index (χ3v) is 10.3. The number of benzene rings is 7. The molecule has 0 aliphatic carbocycles. The van der Waals surface area contributed by atoms with Crippen LogP contribution >= 0.6 is 0 Å². The molecule has 0 saturated carbocycles. The first kappa shape index (κ1) is 26.9. The summed E-state index contributed by atoms with van der Waals surface area (Å²) >= 11 is 0. The maximum atomic E-state index is 4.87. The summed E-state index contributed by atoms with van der Waals surface area (Å²) in [7, 11) is 0. The Morgan fingerprint density at radius 2 is 1.10 bits per heavy atom. The van der Waals surface area contributed by atoms with Gasteiger partial charge in [-0.2, -0.15) is 0 Å². The molecule has 0 fully saturated rings. The van der Waals surface area contributed by atoms with Crippen molar-refractivity contribution < 1.29 is 0 Å². The second kappa shape index (κ2) is 10.4. The quantitative estimate of drug-likeness (QED) is 0.194. The van der Waals surface area contributed by atoms with Gasteiger partial charge in [-0.25, -0.2) is 0 Å². The van der Waals surface area contributed by atoms with Crippen LogP contribution in [0.1, 0.15) is 22.3 Å². The van der Waals surface area contributed by atoms with Gasteiger partial charge in [0.15, 0.2) is 0 Å². The van der Waals surface area contributed by atoms with Gasteiger partial charge in [0.1, 0.15) is 0 Å². The van der Waals surface area contributed by atoms with Gasteiger partial charge in [0.05, 0.1) is 27.8 Å². The molecule has 48 heavy (non-hydrogen) atoms. The Kier molecular flexibility index (Phi) is 5.82. The van der Waals surface area contributed by atoms with Crippen molar-refractivity contribution in [2.24, 2.45) is 0 Å². The summed E-state index contributed by atoms with van der Waals surface area (Å²) in [4.78, 5) is 4.87. The molecule has 9 aromatic rings. The van der Waals surface area contributed by atoms with Gasteiger partial charge in [-0.3, -0.25) is 4.98 Å². The lowest BCUT2D eigenvalue weighted by Crippen LogP contribution is -2.35. The van der Waals surface area contributed by atoms with Crippen LogP contribution in [0.15, 0.2) is 182 Å². The molecule has 0 bridgehead atoms. The Bertz CT molecular complexity index is 2620. The van der Waals surface area contributed by atoms with Gasteiger partial charge < -0.3 is 4.57 Å². The Morgan fingerprint density at radius 1 is 0.438 bits per heavy atom. The maximum Gasteiger partial charge on any atom is 0.0780 e. The van der Waals surface area contributed by atoms with E-state index in [0.29, 0.717) is 0 Å². The van der Waals surface area contributed by atoms with Crippen LogP contribution in [0.5, 0.6) is 0 Å². The van der Waals surface area contributed by atoms with Crippen molar-refractivity contribution in [3.8, 4) is 28.1 Å². The number of aromatic nitrogens is 2. The first-order valence-corrected chi connectivity index (χ1v) is 16.6. The molecule has 0 saturated heterocycles. The minimum Gasteiger partial charge on any atom is -0.309 e. The number of fused-ring (bicyclic) bond motifs is 6. The minimum atomic E-state index is -0.535. The second-order valence-electron chi connectivity index (χ2n) is 12.7. The van der Waals surface area contributed by atoms with Crippen LogP contribution in [-0.2, 0) is 5.41 Å². The van der Waals surface area contributed by atoms with E-state index in [4.69, 9.17) is 4.98 Å². The Morgan fingerprint density at radius 3 is 1.92 bits per heavy atom. The number of pyridine rings is 1. The Labute approximate surface area is 279 Å². The molecule has 0 N–H and O–H groups in total. The van der Waals surface area contributed by atoms with Crippen LogP contribution in [-0.4, -0.2) is 9.55 Å². The van der Waals surface area contributed by atoms with Crippen LogP contribution in [0, 0.1) is 0 Å². The third-order valence-electron chi connectivity index (χ3n) is 10.3. The van der Waals surface area contributed by atoms with E-state index in [1.807, 2.05) is 6.20 Å². The molecule has 0 amide bonds. The van der Waals surface area contributed by atoms with Crippen LogP contribution < -0.4 is 0 Å². The normalized spacial score (nSPS) is 13.2. The van der Waals surface area contributed by atoms with Gasteiger partial charge >= 0.3 is 0 Å². The Balaban J connectivity index is 1.34. The summed E-state index contributed by atoms with van der Waals surface area (Å²) in [6, 6.07) is 64.3. The van der Waals surface area contributed by atoms with Crippen molar-refractivity contribution >= 4 is 32.6 Å². The fourth-order valence-electron chi connectivity index (χ4n) is 8.29. The number of hydrogen-bond acceptors (Lipinski definition) is 1. The fourth-order valence-corrected chi connectivity index (χ4v) is 8.29. The van der Waals surface area contributed by atoms with Gasteiger partial charge in [0.2, 0.25) is 0 Å². The molecule has 1 aliphatic rings. The SMILES string of the molecule is c1ccc(C2(c3ccccc3)c3ccccc3-n3c4ccccc4c4cc(-c5cccc(-c6nccc7ccccc67)c5)cc2c43)cc1. The van der Waals surface area contributed by atoms with Crippen LogP contribution in [0.3, 0.4) is 0 Å². The monoisotopic (exact) mass is 610 g/mol. The largest absolute Gasteiger partial charge is 0.309 e. The average molecular weight is 611 g/mol. The number of hydrogen-bond donors (Lipinski definition) is 0. The highest BCUT2D eigenvalue weighted by atomic mass is 15.0. The minimum absolute atomic E-state index is 0.535. The van der Waals surface area contributed by atoms with Gasteiger partial charge in [-0.15, -0.1) is 0 Å². The van der Waals surface area contributed by atoms with E-state index >= 15 is 0 Å². The summed E-state index contributed by atoms with van der Waals surface area (Å²) in [6.45, 7) is 0. The highest BCUT2D eigenvalue weighted by Gasteiger charge is 2.45. The standard InChI is InChI=1S/C46H30N2/c1-3-17-35(18-4-1)46(36-19-5-2-6-20-36)40-23-10-12-25-43(40)48-42-24-11-9-22-38(42)39-29-34(30-41(46)45(39)48)32-15-13-16-33(28-32)44-37-21-8-7-14-31(37)26-27-47-44/h1-30H. The lowest BCUT2D eigenvalue weighted by Gasteiger charge is -2.42. The highest BCUT2D eigenvalue weighted by Crippen LogP contribution is 2.55. The Hall–Kier alpha value is -6.25. The summed E-state index contributed by atoms with van der Waals surface area (Å²) in [5.74, 6) is 0. The highest BCUT2D eigenvalue weighted by molar-refractivity contribution is 6.13. The predicted octanol–water partition coefficient (Wildman–Crippen LogP) is 11.4. The van der Waals surface area contributed by atoms with E-state index < -0.39 is 5.41 Å². The third kappa shape index (κ3) is 3.72. The molecule has 1 aliphatic heterocycles. The van der Waals surface area contributed by atoms with Crippen molar-refractivity contribution in [1.29, 1.82) is 0 Å². The van der Waals surface area contributed by atoms with Gasteiger partial charge in [-0.1, -0.05) is 140 Å². The smallest absolute Gasteiger partial charge is 0.0780 e. The number of rotatable bonds is 4. The summed E-state index contributed by atoms with van der Waals surface area (Å²) in [6.07, 6.45) is 1.92. The molecule has 10 rings (SSSR count). The van der Waals surface area contributed by atoms with Crippen molar-refractivity contribution in [2.45, 2.75) is 5.41 Å². The summed E-state index contributed by atoms with van der Waals surface area (Å²) < 4.78 is 2.50. The summed E-state index contributed by atoms with van der Waals surface area (Å²) in [5.41, 5.74) is 12.7. The van der Waals surface area contributed by atoms with E-state index in [1.54, 1.807) is 0 Å². The zero-order valence-electron chi connectivity index (χ0n) is 26.2. The molecule has 0 spiro atoms. The predicted molar refractivity (Wildman–Crippen MR) is 199 cm³/mol. The van der Waals surface area contributed by atoms with E-state index in [-0.39, 0.29) is 0 Å². The van der Waals surface area contributed by atoms with Crippen molar-refractivity contribution in [2.75, 3.05) is 0 Å². The topological polar surface area (TPSA) is 17.8 Å². The first-order valence-electron chi connectivity index (χ1n) is 16.6. The van der Waals surface area contributed by atoms with Crippen LogP contribution in [0.2, 0.25) is 0 Å². The summed E-state index contributed by atoms with van der Waals surface area (Å²) in [5, 5.41) is 4.88. The zero-order chi connectivity index (χ0) is 31.7. The zero-order valence-corrected chi connectivity index (χ0v) is 26.2. The molecule has 0 unspecified atom stereocenters. The molecule has 2 aromatic heterocycles. The van der Waals surface area contributed by atoms with E-state index in [1.165, 1.54) is 66.3 Å². The van der Waals surface area contributed by atoms with Crippen molar-refractivity contribution in [1.82, 2.24) is 9.55 Å². The average Bonchev–Trinajstić information content (AvgIpc) is 3.50. The van der Waals surface area contributed by atoms with Gasteiger partial charge in [0, 0.05) is 27.9 Å². The maximum absolute atomic E-state index is 4.87. The van der Waals surface area contributed by atoms with Gasteiger partial charge in [0.25, 0.3) is 0 Å². The lowest BCUT2D eigenvalue weighted by molar-refractivity contribution is 0.728. The molecule has 7 aromatic carbocycles. The van der Waals surface area contributed by atoms with Crippen LogP contribution in [0.4, 0.5) is 0 Å². The van der Waals surface area contributed by atoms with Crippen molar-refractivity contribution in [3.05, 3.63) is 204 Å². The molecule has 0 atom stereocenters. The molecule has 3 heterocycles. The second-order valence-corrected chi connectivity index (χ2v) is 12.7. The molecular formula is C46H30N2. The molecular weight excluding hydrogens is 581 g/mol. The molecule has 0 radical (unpaired) electrons. The van der Waals surface area contributed by atoms with Gasteiger partial charge in [-0.05, 0) is 75.2 Å². The number of para-hydroxylation sites is 2. The van der Waals surface area contributed by atoms with E-state index in [2.05, 4.69) is 180 Å².